The standard InChI is InChI=1S/C22H25N3O3/c1-14-8-9-25-18-12-16(5-6-17(18)24-21(25)10-14)22(26)23-13-15-4-7-19(27-2)20(11-15)28-3/h4,7-11,16H,5-6,12-13H2,1-3H3,(H,23,26). The summed E-state index contributed by atoms with van der Waals surface area (Å²) in [6, 6.07) is 9.85. The number of pyridine rings is 1. The van der Waals surface area contributed by atoms with Crippen molar-refractivity contribution in [3.8, 4) is 11.5 Å². The Balaban J connectivity index is 1.44. The van der Waals surface area contributed by atoms with Gasteiger partial charge in [0.25, 0.3) is 0 Å². The third kappa shape index (κ3) is 3.42. The van der Waals surface area contributed by atoms with Crippen molar-refractivity contribution in [1.29, 1.82) is 0 Å². The number of nitrogens with zero attached hydrogens (tertiary/aromatic N) is 2. The minimum Gasteiger partial charge on any atom is -0.493 e. The van der Waals surface area contributed by atoms with E-state index in [0.29, 0.717) is 18.0 Å². The molecule has 0 saturated heterocycles. The van der Waals surface area contributed by atoms with E-state index in [1.807, 2.05) is 18.2 Å². The molecule has 1 atom stereocenters. The molecule has 0 radical (unpaired) electrons. The number of imidazole rings is 1. The van der Waals surface area contributed by atoms with Crippen LogP contribution >= 0.6 is 0 Å². The number of benzene rings is 1. The summed E-state index contributed by atoms with van der Waals surface area (Å²) in [6.45, 7) is 2.53. The fourth-order valence-electron chi connectivity index (χ4n) is 3.86. The monoisotopic (exact) mass is 379 g/mol. The number of aromatic nitrogens is 2. The van der Waals surface area contributed by atoms with Crippen molar-refractivity contribution < 1.29 is 14.3 Å². The minimum atomic E-state index is -0.0335. The van der Waals surface area contributed by atoms with E-state index < -0.39 is 0 Å². The van der Waals surface area contributed by atoms with Crippen LogP contribution in [0.2, 0.25) is 0 Å². The predicted octanol–water partition coefficient (Wildman–Crippen LogP) is 3.08. The highest BCUT2D eigenvalue weighted by molar-refractivity contribution is 5.79. The van der Waals surface area contributed by atoms with Crippen molar-refractivity contribution in [3.05, 3.63) is 59.0 Å². The Morgan fingerprint density at radius 1 is 1.21 bits per heavy atom. The summed E-state index contributed by atoms with van der Waals surface area (Å²) in [7, 11) is 3.22. The summed E-state index contributed by atoms with van der Waals surface area (Å²) in [4.78, 5) is 17.5. The van der Waals surface area contributed by atoms with E-state index >= 15 is 0 Å². The van der Waals surface area contributed by atoms with Gasteiger partial charge in [-0.3, -0.25) is 4.79 Å². The molecule has 146 valence electrons. The van der Waals surface area contributed by atoms with Crippen LogP contribution in [0.1, 0.15) is 28.9 Å². The molecule has 0 saturated carbocycles. The van der Waals surface area contributed by atoms with E-state index in [1.54, 1.807) is 14.2 Å². The quantitative estimate of drug-likeness (QED) is 0.740. The molecule has 1 N–H and O–H groups in total. The molecular formula is C22H25N3O3. The second-order valence-electron chi connectivity index (χ2n) is 7.28. The van der Waals surface area contributed by atoms with Crippen LogP contribution in [0.4, 0.5) is 0 Å². The van der Waals surface area contributed by atoms with Crippen LogP contribution in [0.5, 0.6) is 11.5 Å². The van der Waals surface area contributed by atoms with Gasteiger partial charge in [0.15, 0.2) is 11.5 Å². The van der Waals surface area contributed by atoms with Crippen molar-refractivity contribution in [2.75, 3.05) is 14.2 Å². The van der Waals surface area contributed by atoms with Crippen molar-refractivity contribution in [1.82, 2.24) is 14.7 Å². The van der Waals surface area contributed by atoms with Gasteiger partial charge in [0.1, 0.15) is 5.65 Å². The zero-order valence-electron chi connectivity index (χ0n) is 16.5. The van der Waals surface area contributed by atoms with E-state index in [0.717, 1.165) is 41.9 Å². The first-order chi connectivity index (χ1) is 13.6. The van der Waals surface area contributed by atoms with E-state index in [9.17, 15) is 4.79 Å². The Kier molecular flexibility index (Phi) is 4.94. The molecule has 6 nitrogen and oxygen atoms in total. The molecule has 6 heteroatoms. The predicted molar refractivity (Wildman–Crippen MR) is 107 cm³/mol. The molecule has 2 heterocycles. The van der Waals surface area contributed by atoms with Gasteiger partial charge in [-0.05, 0) is 55.2 Å². The van der Waals surface area contributed by atoms with E-state index in [2.05, 4.69) is 35.0 Å². The Bertz CT molecular complexity index is 1030. The maximum absolute atomic E-state index is 12.8. The molecule has 1 aromatic carbocycles. The largest absolute Gasteiger partial charge is 0.493 e. The van der Waals surface area contributed by atoms with Gasteiger partial charge in [0, 0.05) is 30.8 Å². The third-order valence-electron chi connectivity index (χ3n) is 5.42. The number of fused-ring (bicyclic) bond motifs is 3. The topological polar surface area (TPSA) is 64.9 Å². The summed E-state index contributed by atoms with van der Waals surface area (Å²) < 4.78 is 12.7. The Hall–Kier alpha value is -3.02. The van der Waals surface area contributed by atoms with Gasteiger partial charge in [-0.1, -0.05) is 6.07 Å². The molecule has 0 bridgehead atoms. The molecule has 1 aliphatic carbocycles. The molecule has 1 unspecified atom stereocenters. The normalized spacial score (nSPS) is 15.9. The first-order valence-corrected chi connectivity index (χ1v) is 9.54. The molecule has 1 aliphatic rings. The third-order valence-corrected chi connectivity index (χ3v) is 5.42. The first kappa shape index (κ1) is 18.3. The number of carbonyl (C=O) groups is 1. The molecule has 2 aromatic heterocycles. The zero-order chi connectivity index (χ0) is 19.7. The number of carbonyl (C=O) groups excluding carboxylic acids is 1. The van der Waals surface area contributed by atoms with Crippen LogP contribution in [0.15, 0.2) is 36.5 Å². The van der Waals surface area contributed by atoms with Crippen LogP contribution in [0.3, 0.4) is 0 Å². The van der Waals surface area contributed by atoms with E-state index in [1.165, 1.54) is 5.56 Å². The molecule has 28 heavy (non-hydrogen) atoms. The summed E-state index contributed by atoms with van der Waals surface area (Å²) in [5, 5.41) is 3.07. The van der Waals surface area contributed by atoms with Crippen molar-refractivity contribution in [2.24, 2.45) is 5.92 Å². The molecule has 0 aliphatic heterocycles. The van der Waals surface area contributed by atoms with E-state index in [4.69, 9.17) is 14.5 Å². The lowest BCUT2D eigenvalue weighted by atomic mass is 9.89. The molecule has 0 fully saturated rings. The van der Waals surface area contributed by atoms with Gasteiger partial charge >= 0.3 is 0 Å². The van der Waals surface area contributed by atoms with Gasteiger partial charge < -0.3 is 19.2 Å². The summed E-state index contributed by atoms with van der Waals surface area (Å²) >= 11 is 0. The second kappa shape index (κ2) is 7.54. The lowest BCUT2D eigenvalue weighted by molar-refractivity contribution is -0.125. The summed E-state index contributed by atoms with van der Waals surface area (Å²) in [6.07, 6.45) is 4.44. The van der Waals surface area contributed by atoms with Crippen LogP contribution in [-0.4, -0.2) is 29.5 Å². The van der Waals surface area contributed by atoms with Gasteiger partial charge in [0.05, 0.1) is 19.9 Å². The summed E-state index contributed by atoms with van der Waals surface area (Å²) in [5.74, 6) is 1.40. The number of nitrogens with one attached hydrogen (secondary N) is 1. The maximum atomic E-state index is 12.8. The lowest BCUT2D eigenvalue weighted by Gasteiger charge is -2.21. The highest BCUT2D eigenvalue weighted by Crippen LogP contribution is 2.29. The average molecular weight is 379 g/mol. The zero-order valence-corrected chi connectivity index (χ0v) is 16.5. The fourth-order valence-corrected chi connectivity index (χ4v) is 3.86. The van der Waals surface area contributed by atoms with Crippen molar-refractivity contribution >= 4 is 11.6 Å². The second-order valence-corrected chi connectivity index (χ2v) is 7.28. The Morgan fingerprint density at radius 3 is 2.82 bits per heavy atom. The number of methoxy groups -OCH3 is 2. The molecule has 0 spiro atoms. The Labute approximate surface area is 164 Å². The van der Waals surface area contributed by atoms with Gasteiger partial charge in [-0.15, -0.1) is 0 Å². The Morgan fingerprint density at radius 2 is 2.04 bits per heavy atom. The fraction of sp³-hybridized carbons (Fsp3) is 0.364. The number of rotatable bonds is 5. The molecule has 4 rings (SSSR count). The number of amides is 1. The number of hydrogen-bond acceptors (Lipinski definition) is 4. The highest BCUT2D eigenvalue weighted by atomic mass is 16.5. The van der Waals surface area contributed by atoms with Gasteiger partial charge in [-0.25, -0.2) is 4.98 Å². The van der Waals surface area contributed by atoms with Crippen LogP contribution in [0.25, 0.3) is 5.65 Å². The number of aryl methyl sites for hydroxylation is 2. The van der Waals surface area contributed by atoms with Crippen LogP contribution < -0.4 is 14.8 Å². The first-order valence-electron chi connectivity index (χ1n) is 9.54. The van der Waals surface area contributed by atoms with Crippen LogP contribution in [0, 0.1) is 12.8 Å². The van der Waals surface area contributed by atoms with Gasteiger partial charge in [-0.2, -0.15) is 0 Å². The maximum Gasteiger partial charge on any atom is 0.223 e. The molecule has 3 aromatic rings. The highest BCUT2D eigenvalue weighted by Gasteiger charge is 2.28. The van der Waals surface area contributed by atoms with Gasteiger partial charge in [0.2, 0.25) is 5.91 Å². The lowest BCUT2D eigenvalue weighted by Crippen LogP contribution is -2.34. The average Bonchev–Trinajstić information content (AvgIpc) is 3.08. The smallest absolute Gasteiger partial charge is 0.223 e. The van der Waals surface area contributed by atoms with E-state index in [-0.39, 0.29) is 11.8 Å². The minimum absolute atomic E-state index is 0.0335. The number of hydrogen-bond donors (Lipinski definition) is 1. The molecule has 1 amide bonds. The van der Waals surface area contributed by atoms with Crippen molar-refractivity contribution in [2.45, 2.75) is 32.7 Å². The SMILES string of the molecule is COc1ccc(CNC(=O)C2CCc3nc4cc(C)ccn4c3C2)cc1OC. The van der Waals surface area contributed by atoms with Crippen molar-refractivity contribution in [3.63, 3.8) is 0 Å². The molecular weight excluding hydrogens is 354 g/mol. The number of ether oxygens (including phenoxy) is 2. The van der Waals surface area contributed by atoms with Crippen LogP contribution in [-0.2, 0) is 24.2 Å². The summed E-state index contributed by atoms with van der Waals surface area (Å²) in [5.41, 5.74) is 5.42.